The number of hydrogen-bond acceptors (Lipinski definition) is 3. The van der Waals surface area contributed by atoms with Gasteiger partial charge in [-0.15, -0.1) is 10.2 Å². The largest absolute Gasteiger partial charge is 0.496 e. The van der Waals surface area contributed by atoms with Crippen LogP contribution in [0.15, 0.2) is 60.9 Å². The average molecular weight is 279 g/mol. The van der Waals surface area contributed by atoms with Crippen molar-refractivity contribution in [2.45, 2.75) is 13.0 Å². The molecular weight excluding hydrogens is 262 g/mol. The molecule has 0 radical (unpaired) electrons. The van der Waals surface area contributed by atoms with Gasteiger partial charge in [-0.3, -0.25) is 0 Å². The zero-order valence-electron chi connectivity index (χ0n) is 11.9. The number of nitrogens with zero attached hydrogens (tertiary/aromatic N) is 3. The monoisotopic (exact) mass is 279 g/mol. The lowest BCUT2D eigenvalue weighted by Crippen LogP contribution is -2.06. The summed E-state index contributed by atoms with van der Waals surface area (Å²) >= 11 is 0. The second-order valence-electron chi connectivity index (χ2n) is 4.85. The van der Waals surface area contributed by atoms with E-state index in [1.807, 2.05) is 36.4 Å². The molecule has 3 rings (SSSR count). The number of ether oxygens (including phenoxy) is 1. The summed E-state index contributed by atoms with van der Waals surface area (Å²) in [5, 5.41) is 8.28. The van der Waals surface area contributed by atoms with Gasteiger partial charge in [0.2, 0.25) is 0 Å². The van der Waals surface area contributed by atoms with Crippen LogP contribution in [0.2, 0.25) is 0 Å². The van der Waals surface area contributed by atoms with Gasteiger partial charge < -0.3 is 9.30 Å². The van der Waals surface area contributed by atoms with Crippen LogP contribution in [0.5, 0.6) is 5.75 Å². The summed E-state index contributed by atoms with van der Waals surface area (Å²) in [5.41, 5.74) is 2.35. The molecule has 0 N–H and O–H groups in total. The molecule has 0 atom stereocenters. The van der Waals surface area contributed by atoms with Crippen molar-refractivity contribution in [1.29, 1.82) is 0 Å². The van der Waals surface area contributed by atoms with Crippen LogP contribution in [-0.4, -0.2) is 21.9 Å². The maximum Gasteiger partial charge on any atom is 0.137 e. The van der Waals surface area contributed by atoms with Crippen molar-refractivity contribution in [3.63, 3.8) is 0 Å². The molecule has 0 aliphatic rings. The standard InChI is InChI=1S/C17H17N3O/c1-21-16-10-6-5-9-15(16)12-20-13-18-19-17(20)11-14-7-3-2-4-8-14/h2-10,13H,11-12H2,1H3. The minimum Gasteiger partial charge on any atom is -0.496 e. The Labute approximate surface area is 124 Å². The Morgan fingerprint density at radius 2 is 1.76 bits per heavy atom. The Morgan fingerprint density at radius 1 is 1.00 bits per heavy atom. The first-order chi connectivity index (χ1) is 10.4. The number of rotatable bonds is 5. The molecule has 0 aliphatic carbocycles. The highest BCUT2D eigenvalue weighted by atomic mass is 16.5. The van der Waals surface area contributed by atoms with Crippen LogP contribution in [0.25, 0.3) is 0 Å². The molecule has 0 unspecified atom stereocenters. The molecule has 0 amide bonds. The minimum absolute atomic E-state index is 0.708. The van der Waals surface area contributed by atoms with Crippen LogP contribution in [-0.2, 0) is 13.0 Å². The molecule has 0 fully saturated rings. The smallest absolute Gasteiger partial charge is 0.137 e. The summed E-state index contributed by atoms with van der Waals surface area (Å²) in [5.74, 6) is 1.84. The van der Waals surface area contributed by atoms with Gasteiger partial charge in [-0.2, -0.15) is 0 Å². The van der Waals surface area contributed by atoms with Crippen LogP contribution in [0.1, 0.15) is 17.0 Å². The molecule has 0 saturated carbocycles. The van der Waals surface area contributed by atoms with E-state index in [4.69, 9.17) is 4.74 Å². The Kier molecular flexibility index (Phi) is 3.96. The zero-order valence-corrected chi connectivity index (χ0v) is 11.9. The average Bonchev–Trinajstić information content (AvgIpc) is 2.96. The molecule has 4 heteroatoms. The summed E-state index contributed by atoms with van der Waals surface area (Å²) < 4.78 is 7.46. The number of aromatic nitrogens is 3. The molecule has 21 heavy (non-hydrogen) atoms. The van der Waals surface area contributed by atoms with Gasteiger partial charge in [0.25, 0.3) is 0 Å². The van der Waals surface area contributed by atoms with Crippen molar-refractivity contribution >= 4 is 0 Å². The Morgan fingerprint density at radius 3 is 2.57 bits per heavy atom. The minimum atomic E-state index is 0.708. The maximum atomic E-state index is 5.40. The summed E-state index contributed by atoms with van der Waals surface area (Å²) in [6.45, 7) is 0.708. The van der Waals surface area contributed by atoms with E-state index in [1.165, 1.54) is 5.56 Å². The van der Waals surface area contributed by atoms with Crippen molar-refractivity contribution in [3.05, 3.63) is 77.9 Å². The lowest BCUT2D eigenvalue weighted by molar-refractivity contribution is 0.408. The lowest BCUT2D eigenvalue weighted by Gasteiger charge is -2.10. The Bertz CT molecular complexity index is 707. The second-order valence-corrected chi connectivity index (χ2v) is 4.85. The number of hydrogen-bond donors (Lipinski definition) is 0. The lowest BCUT2D eigenvalue weighted by atomic mass is 10.1. The third-order valence-electron chi connectivity index (χ3n) is 3.43. The molecule has 0 spiro atoms. The van der Waals surface area contributed by atoms with Gasteiger partial charge in [0.05, 0.1) is 13.7 Å². The van der Waals surface area contributed by atoms with Gasteiger partial charge >= 0.3 is 0 Å². The highest BCUT2D eigenvalue weighted by Crippen LogP contribution is 2.19. The fourth-order valence-electron chi connectivity index (χ4n) is 2.34. The topological polar surface area (TPSA) is 39.9 Å². The number of para-hydroxylation sites is 1. The fraction of sp³-hybridized carbons (Fsp3) is 0.176. The molecule has 1 aromatic heterocycles. The van der Waals surface area contributed by atoms with Crippen LogP contribution in [0, 0.1) is 0 Å². The predicted molar refractivity (Wildman–Crippen MR) is 81.4 cm³/mol. The van der Waals surface area contributed by atoms with E-state index in [9.17, 15) is 0 Å². The number of methoxy groups -OCH3 is 1. The molecule has 106 valence electrons. The van der Waals surface area contributed by atoms with E-state index in [1.54, 1.807) is 13.4 Å². The van der Waals surface area contributed by atoms with Crippen molar-refractivity contribution in [2.24, 2.45) is 0 Å². The second kappa shape index (κ2) is 6.22. The third kappa shape index (κ3) is 3.11. The summed E-state index contributed by atoms with van der Waals surface area (Å²) in [4.78, 5) is 0. The summed E-state index contributed by atoms with van der Waals surface area (Å²) in [7, 11) is 1.69. The predicted octanol–water partition coefficient (Wildman–Crippen LogP) is 2.93. The fourth-order valence-corrected chi connectivity index (χ4v) is 2.34. The molecule has 0 aliphatic heterocycles. The van der Waals surface area contributed by atoms with E-state index in [2.05, 4.69) is 33.0 Å². The van der Waals surface area contributed by atoms with Crippen LogP contribution >= 0.6 is 0 Å². The third-order valence-corrected chi connectivity index (χ3v) is 3.43. The van der Waals surface area contributed by atoms with E-state index >= 15 is 0 Å². The van der Waals surface area contributed by atoms with Crippen molar-refractivity contribution in [3.8, 4) is 5.75 Å². The van der Waals surface area contributed by atoms with E-state index in [0.29, 0.717) is 6.54 Å². The van der Waals surface area contributed by atoms with Crippen LogP contribution in [0.3, 0.4) is 0 Å². The quantitative estimate of drug-likeness (QED) is 0.721. The van der Waals surface area contributed by atoms with Gasteiger partial charge in [-0.1, -0.05) is 48.5 Å². The first-order valence-electron chi connectivity index (χ1n) is 6.89. The highest BCUT2D eigenvalue weighted by Gasteiger charge is 2.08. The summed E-state index contributed by atoms with van der Waals surface area (Å²) in [6.07, 6.45) is 2.54. The first-order valence-corrected chi connectivity index (χ1v) is 6.89. The van der Waals surface area contributed by atoms with Gasteiger partial charge in [0.1, 0.15) is 17.9 Å². The van der Waals surface area contributed by atoms with Gasteiger partial charge in [-0.25, -0.2) is 0 Å². The molecule has 2 aromatic carbocycles. The Hall–Kier alpha value is -2.62. The molecule has 3 aromatic rings. The SMILES string of the molecule is COc1ccccc1Cn1cnnc1Cc1ccccc1. The number of benzene rings is 2. The van der Waals surface area contributed by atoms with Crippen LogP contribution in [0.4, 0.5) is 0 Å². The molecule has 0 saturated heterocycles. The van der Waals surface area contributed by atoms with Crippen LogP contribution < -0.4 is 4.74 Å². The van der Waals surface area contributed by atoms with Crippen molar-refractivity contribution in [2.75, 3.05) is 7.11 Å². The van der Waals surface area contributed by atoms with Gasteiger partial charge in [0.15, 0.2) is 0 Å². The molecule has 0 bridgehead atoms. The normalized spacial score (nSPS) is 10.5. The molecule has 1 heterocycles. The Balaban J connectivity index is 1.83. The summed E-state index contributed by atoms with van der Waals surface area (Å²) in [6, 6.07) is 18.3. The maximum absolute atomic E-state index is 5.40. The van der Waals surface area contributed by atoms with Crippen molar-refractivity contribution in [1.82, 2.24) is 14.8 Å². The van der Waals surface area contributed by atoms with E-state index < -0.39 is 0 Å². The highest BCUT2D eigenvalue weighted by molar-refractivity contribution is 5.33. The van der Waals surface area contributed by atoms with E-state index in [-0.39, 0.29) is 0 Å². The van der Waals surface area contributed by atoms with Gasteiger partial charge in [-0.05, 0) is 11.6 Å². The van der Waals surface area contributed by atoms with Crippen molar-refractivity contribution < 1.29 is 4.74 Å². The first kappa shape index (κ1) is 13.4. The molecular formula is C17H17N3O. The van der Waals surface area contributed by atoms with Gasteiger partial charge in [0, 0.05) is 12.0 Å². The zero-order chi connectivity index (χ0) is 14.5. The van der Waals surface area contributed by atoms with E-state index in [0.717, 1.165) is 23.6 Å². The molecule has 4 nitrogen and oxygen atoms in total.